The Morgan fingerprint density at radius 2 is 1.91 bits per heavy atom. The molecule has 0 aliphatic rings. The van der Waals surface area contributed by atoms with E-state index in [9.17, 15) is 9.59 Å². The molecule has 122 valence electrons. The van der Waals surface area contributed by atoms with Crippen LogP contribution in [0.25, 0.3) is 0 Å². The zero-order valence-electron chi connectivity index (χ0n) is 14.0. The van der Waals surface area contributed by atoms with E-state index < -0.39 is 0 Å². The Kier molecular flexibility index (Phi) is 5.74. The van der Waals surface area contributed by atoms with Gasteiger partial charge in [0.1, 0.15) is 5.56 Å². The first-order valence-corrected chi connectivity index (χ1v) is 8.17. The second-order valence-corrected chi connectivity index (χ2v) is 5.73. The molecule has 2 N–H and O–H groups in total. The van der Waals surface area contributed by atoms with Crippen molar-refractivity contribution in [2.24, 2.45) is 0 Å². The number of nitrogens with one attached hydrogen (secondary N) is 2. The second kappa shape index (κ2) is 7.77. The van der Waals surface area contributed by atoms with Crippen LogP contribution < -0.4 is 10.9 Å². The van der Waals surface area contributed by atoms with E-state index in [0.717, 1.165) is 36.1 Å². The molecule has 1 amide bonds. The molecule has 0 saturated carbocycles. The number of carbonyl (C=O) groups is 1. The molecule has 1 aromatic heterocycles. The fraction of sp³-hybridized carbons (Fsp3) is 0.368. The van der Waals surface area contributed by atoms with E-state index >= 15 is 0 Å². The number of aromatic amines is 1. The average molecular weight is 312 g/mol. The summed E-state index contributed by atoms with van der Waals surface area (Å²) in [5.74, 6) is -0.333. The SMILES string of the molecule is CCCc1[nH]c(=O)c(C(=O)N[C@H](C)c2ccccc2)cc1CC. The summed E-state index contributed by atoms with van der Waals surface area (Å²) >= 11 is 0. The Labute approximate surface area is 137 Å². The first kappa shape index (κ1) is 17.0. The van der Waals surface area contributed by atoms with Gasteiger partial charge >= 0.3 is 0 Å². The maximum absolute atomic E-state index is 12.5. The van der Waals surface area contributed by atoms with Gasteiger partial charge in [0.25, 0.3) is 11.5 Å². The summed E-state index contributed by atoms with van der Waals surface area (Å²) < 4.78 is 0. The minimum atomic E-state index is -0.333. The van der Waals surface area contributed by atoms with Crippen molar-refractivity contribution in [1.29, 1.82) is 0 Å². The number of carbonyl (C=O) groups excluding carboxylic acids is 1. The van der Waals surface area contributed by atoms with Gasteiger partial charge < -0.3 is 10.3 Å². The van der Waals surface area contributed by atoms with Crippen molar-refractivity contribution in [1.82, 2.24) is 10.3 Å². The van der Waals surface area contributed by atoms with Crippen LogP contribution in [-0.2, 0) is 12.8 Å². The van der Waals surface area contributed by atoms with Gasteiger partial charge in [-0.1, -0.05) is 50.6 Å². The fourth-order valence-corrected chi connectivity index (χ4v) is 2.67. The average Bonchev–Trinajstić information content (AvgIpc) is 2.56. The van der Waals surface area contributed by atoms with Crippen LogP contribution in [0.5, 0.6) is 0 Å². The third-order valence-electron chi connectivity index (χ3n) is 3.99. The lowest BCUT2D eigenvalue weighted by Crippen LogP contribution is -2.32. The van der Waals surface area contributed by atoms with E-state index in [0.29, 0.717) is 0 Å². The molecule has 23 heavy (non-hydrogen) atoms. The first-order valence-electron chi connectivity index (χ1n) is 8.17. The quantitative estimate of drug-likeness (QED) is 0.859. The number of H-pyrrole nitrogens is 1. The van der Waals surface area contributed by atoms with Gasteiger partial charge in [0.05, 0.1) is 6.04 Å². The number of hydrogen-bond donors (Lipinski definition) is 2. The molecule has 1 heterocycles. The Bertz CT molecular complexity index is 720. The third-order valence-corrected chi connectivity index (χ3v) is 3.99. The topological polar surface area (TPSA) is 62.0 Å². The Morgan fingerprint density at radius 1 is 1.22 bits per heavy atom. The molecule has 0 aliphatic carbocycles. The molecule has 0 saturated heterocycles. The van der Waals surface area contributed by atoms with Gasteiger partial charge in [-0.15, -0.1) is 0 Å². The molecule has 4 nitrogen and oxygen atoms in total. The molecule has 1 aromatic carbocycles. The molecule has 0 bridgehead atoms. The van der Waals surface area contributed by atoms with Crippen molar-refractivity contribution in [3.05, 3.63) is 69.1 Å². The maximum Gasteiger partial charge on any atom is 0.261 e. The van der Waals surface area contributed by atoms with Crippen LogP contribution in [0.2, 0.25) is 0 Å². The van der Waals surface area contributed by atoms with Gasteiger partial charge in [0, 0.05) is 5.69 Å². The molecular formula is C19H24N2O2. The summed E-state index contributed by atoms with van der Waals surface area (Å²) in [7, 11) is 0. The molecule has 0 spiro atoms. The summed E-state index contributed by atoms with van der Waals surface area (Å²) in [6.45, 7) is 6.01. The highest BCUT2D eigenvalue weighted by Crippen LogP contribution is 2.13. The predicted molar refractivity (Wildman–Crippen MR) is 92.8 cm³/mol. The van der Waals surface area contributed by atoms with Crippen molar-refractivity contribution < 1.29 is 4.79 Å². The smallest absolute Gasteiger partial charge is 0.261 e. The Balaban J connectivity index is 2.24. The fourth-order valence-electron chi connectivity index (χ4n) is 2.67. The molecule has 2 aromatic rings. The summed E-state index contributed by atoms with van der Waals surface area (Å²) in [6, 6.07) is 11.3. The van der Waals surface area contributed by atoms with Crippen molar-refractivity contribution in [2.75, 3.05) is 0 Å². The van der Waals surface area contributed by atoms with Crippen LogP contribution in [-0.4, -0.2) is 10.9 Å². The maximum atomic E-state index is 12.5. The number of rotatable bonds is 6. The van der Waals surface area contributed by atoms with Gasteiger partial charge in [-0.05, 0) is 37.0 Å². The number of aromatic nitrogens is 1. The first-order chi connectivity index (χ1) is 11.1. The molecule has 1 atom stereocenters. The van der Waals surface area contributed by atoms with Gasteiger partial charge in [0.15, 0.2) is 0 Å². The molecule has 4 heteroatoms. The van der Waals surface area contributed by atoms with Gasteiger partial charge in [-0.25, -0.2) is 0 Å². The van der Waals surface area contributed by atoms with Crippen LogP contribution >= 0.6 is 0 Å². The zero-order valence-corrected chi connectivity index (χ0v) is 14.0. The number of pyridine rings is 1. The Morgan fingerprint density at radius 3 is 2.52 bits per heavy atom. The van der Waals surface area contributed by atoms with Crippen molar-refractivity contribution in [3.63, 3.8) is 0 Å². The minimum absolute atomic E-state index is 0.150. The highest BCUT2D eigenvalue weighted by molar-refractivity contribution is 5.94. The highest BCUT2D eigenvalue weighted by Gasteiger charge is 2.16. The van der Waals surface area contributed by atoms with E-state index in [2.05, 4.69) is 17.2 Å². The monoisotopic (exact) mass is 312 g/mol. The van der Waals surface area contributed by atoms with E-state index in [1.165, 1.54) is 0 Å². The zero-order chi connectivity index (χ0) is 16.8. The summed E-state index contributed by atoms with van der Waals surface area (Å²) in [5, 5.41) is 2.90. The lowest BCUT2D eigenvalue weighted by molar-refractivity contribution is 0.0938. The number of amides is 1. The van der Waals surface area contributed by atoms with Crippen molar-refractivity contribution in [3.8, 4) is 0 Å². The largest absolute Gasteiger partial charge is 0.345 e. The number of benzene rings is 1. The van der Waals surface area contributed by atoms with E-state index in [-0.39, 0.29) is 23.1 Å². The summed E-state index contributed by atoms with van der Waals surface area (Å²) in [4.78, 5) is 27.6. The van der Waals surface area contributed by atoms with Crippen LogP contribution in [0.1, 0.15) is 60.4 Å². The van der Waals surface area contributed by atoms with E-state index in [1.807, 2.05) is 44.2 Å². The van der Waals surface area contributed by atoms with Crippen LogP contribution in [0.4, 0.5) is 0 Å². The molecule has 2 rings (SSSR count). The Hall–Kier alpha value is -2.36. The van der Waals surface area contributed by atoms with Crippen molar-refractivity contribution >= 4 is 5.91 Å². The van der Waals surface area contributed by atoms with Crippen LogP contribution in [0.3, 0.4) is 0 Å². The molecule has 0 aliphatic heterocycles. The normalized spacial score (nSPS) is 12.0. The minimum Gasteiger partial charge on any atom is -0.345 e. The molecule has 0 fully saturated rings. The number of aryl methyl sites for hydroxylation is 2. The van der Waals surface area contributed by atoms with Gasteiger partial charge in [-0.3, -0.25) is 9.59 Å². The predicted octanol–water partition coefficient (Wildman–Crippen LogP) is 3.38. The molecular weight excluding hydrogens is 288 g/mol. The summed E-state index contributed by atoms with van der Waals surface area (Å²) in [5.41, 5.74) is 2.85. The van der Waals surface area contributed by atoms with E-state index in [4.69, 9.17) is 0 Å². The standard InChI is InChI=1S/C19H24N2O2/c1-4-9-17-14(5-2)12-16(19(23)21-17)18(22)20-13(3)15-10-7-6-8-11-15/h6-8,10-13H,4-5,9H2,1-3H3,(H,20,22)(H,21,23)/t13-/m1/s1. The molecule has 0 radical (unpaired) electrons. The molecule has 0 unspecified atom stereocenters. The van der Waals surface area contributed by atoms with Gasteiger partial charge in [0.2, 0.25) is 0 Å². The van der Waals surface area contributed by atoms with E-state index in [1.54, 1.807) is 6.07 Å². The lowest BCUT2D eigenvalue weighted by Gasteiger charge is -2.15. The van der Waals surface area contributed by atoms with Crippen LogP contribution in [0.15, 0.2) is 41.2 Å². The highest BCUT2D eigenvalue weighted by atomic mass is 16.2. The second-order valence-electron chi connectivity index (χ2n) is 5.73. The van der Waals surface area contributed by atoms with Crippen LogP contribution in [0, 0.1) is 0 Å². The van der Waals surface area contributed by atoms with Gasteiger partial charge in [-0.2, -0.15) is 0 Å². The number of hydrogen-bond acceptors (Lipinski definition) is 2. The lowest BCUT2D eigenvalue weighted by atomic mass is 10.0. The third kappa shape index (κ3) is 4.09. The van der Waals surface area contributed by atoms with Crippen molar-refractivity contribution in [2.45, 2.75) is 46.1 Å². The summed E-state index contributed by atoms with van der Waals surface area (Å²) in [6.07, 6.45) is 2.57.